The minimum absolute atomic E-state index is 0.0180. The maximum Gasteiger partial charge on any atom is 0.342 e. The molecule has 1 fully saturated rings. The summed E-state index contributed by atoms with van der Waals surface area (Å²) in [7, 11) is -0.942. The van der Waals surface area contributed by atoms with Gasteiger partial charge in [0.1, 0.15) is 11.9 Å². The van der Waals surface area contributed by atoms with Crippen LogP contribution in [0, 0.1) is 23.2 Å². The van der Waals surface area contributed by atoms with E-state index in [2.05, 4.69) is 50.8 Å². The molecule has 2 heterocycles. The van der Waals surface area contributed by atoms with Gasteiger partial charge in [0.05, 0.1) is 30.8 Å². The van der Waals surface area contributed by atoms with E-state index in [1.54, 1.807) is 19.2 Å². The average molecular weight is 801 g/mol. The van der Waals surface area contributed by atoms with Crippen LogP contribution in [0.25, 0.3) is 5.53 Å². The number of hydrogen-bond donors (Lipinski definition) is 0. The number of Topliss-reactive ketones (excluding diaryl/α,β-unsaturated/α-hetero) is 2. The summed E-state index contributed by atoms with van der Waals surface area (Å²) in [5, 5.41) is -0.192. The Balaban J connectivity index is 1.72. The summed E-state index contributed by atoms with van der Waals surface area (Å²) in [5.74, 6) is -3.01. The maximum atomic E-state index is 14.4. The molecule has 1 aromatic rings. The lowest BCUT2D eigenvalue weighted by Gasteiger charge is -2.46. The third kappa shape index (κ3) is 9.47. The topological polar surface area (TPSA) is 151 Å². The fourth-order valence-electron chi connectivity index (χ4n) is 8.55. The van der Waals surface area contributed by atoms with Gasteiger partial charge in [-0.2, -0.15) is 4.79 Å². The molecule has 0 N–H and O–H groups in total. The van der Waals surface area contributed by atoms with Gasteiger partial charge in [-0.3, -0.25) is 9.59 Å². The van der Waals surface area contributed by atoms with Crippen LogP contribution in [0.1, 0.15) is 104 Å². The smallest absolute Gasteiger partial charge is 0.342 e. The van der Waals surface area contributed by atoms with E-state index in [0.29, 0.717) is 29.7 Å². The minimum atomic E-state index is -2.52. The Morgan fingerprint density at radius 2 is 1.74 bits per heavy atom. The molecule has 7 atom stereocenters. The number of esters is 2. The van der Waals surface area contributed by atoms with E-state index in [0.717, 1.165) is 31.9 Å². The van der Waals surface area contributed by atoms with Gasteiger partial charge in [-0.25, -0.2) is 9.59 Å². The number of allylic oxidation sites excluding steroid dienone is 5. The van der Waals surface area contributed by atoms with Crippen molar-refractivity contribution in [3.05, 3.63) is 82.5 Å². The highest BCUT2D eigenvalue weighted by atomic mass is 28.4. The molecule has 5 rings (SSSR count). The lowest BCUT2D eigenvalue weighted by molar-refractivity contribution is -0.174. The summed E-state index contributed by atoms with van der Waals surface area (Å²) in [4.78, 5) is 59.6. The molecule has 0 aromatic heterocycles. The first-order chi connectivity index (χ1) is 27.1. The number of methoxy groups -OCH3 is 1. The van der Waals surface area contributed by atoms with Crippen molar-refractivity contribution in [3.8, 4) is 5.75 Å². The largest absolute Gasteiger partial charge is 0.497 e. The molecule has 0 spiro atoms. The quantitative estimate of drug-likeness (QED) is 0.0207. The second-order valence-corrected chi connectivity index (χ2v) is 22.0. The SMILES string of the molecule is C/C=C/CCCCC[C@@H]1C=C2C3OC(c4ccc(OC)cc4)OC[C@@]2(C(=O)C=[N+]=[N-])CC2=C(C(=O)OC2=O)C3[C@H]1CC(O[Si](C)(C)C(C)(C)C)C(=O)CC/C=C/C. The van der Waals surface area contributed by atoms with Crippen molar-refractivity contribution in [1.82, 2.24) is 0 Å². The van der Waals surface area contributed by atoms with Crippen molar-refractivity contribution in [2.75, 3.05) is 13.7 Å². The molecule has 0 amide bonds. The Labute approximate surface area is 338 Å². The Hall–Kier alpha value is -4.06. The number of rotatable bonds is 18. The molecule has 57 heavy (non-hydrogen) atoms. The Bertz CT molecular complexity index is 1850. The van der Waals surface area contributed by atoms with E-state index in [1.807, 2.05) is 44.2 Å². The summed E-state index contributed by atoms with van der Waals surface area (Å²) in [5.41, 5.74) is 9.66. The summed E-state index contributed by atoms with van der Waals surface area (Å²) < 4.78 is 31.3. The van der Waals surface area contributed by atoms with Crippen molar-refractivity contribution in [2.45, 2.75) is 129 Å². The van der Waals surface area contributed by atoms with Crippen LogP contribution < -0.4 is 4.74 Å². The van der Waals surface area contributed by atoms with Crippen LogP contribution in [0.15, 0.2) is 71.4 Å². The normalized spacial score (nSPS) is 26.7. The molecule has 2 aliphatic carbocycles. The first-order valence-electron chi connectivity index (χ1n) is 20.4. The lowest BCUT2D eigenvalue weighted by atomic mass is 9.61. The molecule has 308 valence electrons. The number of ketones is 2. The number of carbonyl (C=O) groups is 4. The minimum Gasteiger partial charge on any atom is -0.497 e. The van der Waals surface area contributed by atoms with Gasteiger partial charge < -0.3 is 28.9 Å². The van der Waals surface area contributed by atoms with Gasteiger partial charge >= 0.3 is 18.2 Å². The van der Waals surface area contributed by atoms with Crippen LogP contribution in [0.4, 0.5) is 0 Å². The van der Waals surface area contributed by atoms with E-state index >= 15 is 0 Å². The van der Waals surface area contributed by atoms with Gasteiger partial charge in [-0.1, -0.05) is 76.1 Å². The predicted molar refractivity (Wildman–Crippen MR) is 219 cm³/mol. The zero-order chi connectivity index (χ0) is 41.5. The summed E-state index contributed by atoms with van der Waals surface area (Å²) in [6.45, 7) is 14.4. The average Bonchev–Trinajstić information content (AvgIpc) is 3.29. The Morgan fingerprint density at radius 1 is 1.04 bits per heavy atom. The summed E-state index contributed by atoms with van der Waals surface area (Å²) >= 11 is 0. The van der Waals surface area contributed by atoms with Crippen LogP contribution >= 0.6 is 0 Å². The molecule has 4 bridgehead atoms. The van der Waals surface area contributed by atoms with Crippen LogP contribution in [0.3, 0.4) is 0 Å². The van der Waals surface area contributed by atoms with Crippen molar-refractivity contribution in [3.63, 3.8) is 0 Å². The number of benzene rings is 1. The van der Waals surface area contributed by atoms with Crippen LogP contribution in [0.2, 0.25) is 18.1 Å². The lowest BCUT2D eigenvalue weighted by Crippen LogP contribution is -2.50. The fraction of sp³-hybridized carbons (Fsp3) is 0.578. The number of ether oxygens (including phenoxy) is 4. The van der Waals surface area contributed by atoms with Crippen LogP contribution in [0.5, 0.6) is 5.75 Å². The van der Waals surface area contributed by atoms with Crippen LogP contribution in [-0.2, 0) is 37.8 Å². The highest BCUT2D eigenvalue weighted by Crippen LogP contribution is 2.58. The first-order valence-corrected chi connectivity index (χ1v) is 23.3. The Morgan fingerprint density at radius 3 is 2.39 bits per heavy atom. The molecule has 1 saturated heterocycles. The highest BCUT2D eigenvalue weighted by Gasteiger charge is 2.62. The first kappa shape index (κ1) is 44.0. The molecule has 0 radical (unpaired) electrons. The van der Waals surface area contributed by atoms with E-state index < -0.39 is 61.8 Å². The molecule has 4 unspecified atom stereocenters. The highest BCUT2D eigenvalue weighted by molar-refractivity contribution is 6.74. The van der Waals surface area contributed by atoms with Crippen molar-refractivity contribution in [1.29, 1.82) is 0 Å². The molecule has 4 aliphatic rings. The van der Waals surface area contributed by atoms with Gasteiger partial charge in [0.2, 0.25) is 5.78 Å². The van der Waals surface area contributed by atoms with Crippen molar-refractivity contribution < 1.29 is 47.3 Å². The predicted octanol–water partition coefficient (Wildman–Crippen LogP) is 8.77. The van der Waals surface area contributed by atoms with Crippen molar-refractivity contribution in [2.24, 2.45) is 23.2 Å². The van der Waals surface area contributed by atoms with E-state index in [-0.39, 0.29) is 53.8 Å². The van der Waals surface area contributed by atoms with E-state index in [9.17, 15) is 24.7 Å². The van der Waals surface area contributed by atoms with Gasteiger partial charge in [0.15, 0.2) is 20.4 Å². The molecule has 12 heteroatoms. The Kier molecular flexibility index (Phi) is 14.4. The molecular weight excluding hydrogens is 741 g/mol. The third-order valence-corrected chi connectivity index (χ3v) is 17.2. The van der Waals surface area contributed by atoms with E-state index in [4.69, 9.17) is 23.4 Å². The molecule has 11 nitrogen and oxygen atoms in total. The van der Waals surface area contributed by atoms with Gasteiger partial charge in [-0.15, -0.1) is 0 Å². The number of nitrogens with zero attached hydrogens (tertiary/aromatic N) is 2. The maximum absolute atomic E-state index is 14.4. The second kappa shape index (κ2) is 18.7. The summed E-state index contributed by atoms with van der Waals surface area (Å²) in [6, 6.07) is 7.21. The third-order valence-electron chi connectivity index (χ3n) is 12.7. The number of unbranched alkanes of at least 4 members (excludes halogenated alkanes) is 3. The second-order valence-electron chi connectivity index (χ2n) is 17.3. The zero-order valence-corrected chi connectivity index (χ0v) is 35.9. The number of carbonyl (C=O) groups excluding carboxylic acids is 4. The zero-order valence-electron chi connectivity index (χ0n) is 34.9. The van der Waals surface area contributed by atoms with Gasteiger partial charge in [-0.05, 0) is 100 Å². The molecule has 2 aliphatic heterocycles. The fourth-order valence-corrected chi connectivity index (χ4v) is 9.84. The van der Waals surface area contributed by atoms with Gasteiger partial charge in [0.25, 0.3) is 0 Å². The number of cyclic esters (lactones) is 2. The molecule has 1 aromatic carbocycles. The number of fused-ring (bicyclic) bond motifs is 1. The van der Waals surface area contributed by atoms with E-state index in [1.165, 1.54) is 0 Å². The summed E-state index contributed by atoms with van der Waals surface area (Å²) in [6.07, 6.45) is 13.7. The van der Waals surface area contributed by atoms with Crippen molar-refractivity contribution >= 4 is 38.0 Å². The number of hydrogen-bond acceptors (Lipinski definition) is 9. The standard InChI is InChI=1S/C45H60N2O9Si/c1-9-11-13-14-15-17-18-30-24-34-40-38(32(30)25-36(35(48)19-16-12-10-2)56-57(7,8)44(3,4)5)39-33(41(50)55-42(39)51)26-45(34,37(49)27-47-46)28-53-43(54-40)29-20-22-31(52-6)23-21-29/h9-12,20-24,27,30,32,36,38,40,43H,13-19,25-26,28H2,1-8H3/b11-9+,12-10+/t30-,32+,36?,38?,40?,43?,45+/m1/s1. The van der Waals surface area contributed by atoms with Crippen LogP contribution in [-0.4, -0.2) is 68.8 Å². The molecule has 0 saturated carbocycles. The van der Waals surface area contributed by atoms with Gasteiger partial charge in [0, 0.05) is 23.5 Å². The monoisotopic (exact) mass is 800 g/mol. The molecular formula is C45H60N2O9Si.